The number of rotatable bonds is 4. The lowest BCUT2D eigenvalue weighted by Crippen LogP contribution is -2.34. The summed E-state index contributed by atoms with van der Waals surface area (Å²) in [6.07, 6.45) is 1.77. The van der Waals surface area contributed by atoms with Crippen molar-refractivity contribution in [2.75, 3.05) is 26.1 Å². The zero-order valence-electron chi connectivity index (χ0n) is 14.3. The molecule has 0 bridgehead atoms. The molecule has 0 aliphatic carbocycles. The first-order valence-electron chi connectivity index (χ1n) is 8.17. The van der Waals surface area contributed by atoms with Crippen molar-refractivity contribution in [1.29, 1.82) is 0 Å². The fraction of sp³-hybridized carbons (Fsp3) is 0.316. The van der Waals surface area contributed by atoms with Crippen molar-refractivity contribution >= 4 is 11.7 Å². The van der Waals surface area contributed by atoms with Crippen LogP contribution < -0.4 is 14.8 Å². The van der Waals surface area contributed by atoms with Crippen LogP contribution in [0.3, 0.4) is 0 Å². The third-order valence-corrected chi connectivity index (χ3v) is 4.42. The Bertz CT molecular complexity index is 749. The minimum Gasteiger partial charge on any atom is -0.497 e. The van der Waals surface area contributed by atoms with Crippen molar-refractivity contribution in [3.8, 4) is 11.5 Å². The Balaban J connectivity index is 1.77. The van der Waals surface area contributed by atoms with Gasteiger partial charge in [-0.1, -0.05) is 12.1 Å². The SMILES string of the molecule is COc1ccc(NC(=O)N2CCC[C@@H]2c2ccc(F)cc2)c(OC)c1. The molecule has 1 atom stereocenters. The van der Waals surface area contributed by atoms with Crippen LogP contribution in [0.1, 0.15) is 24.4 Å². The fourth-order valence-corrected chi connectivity index (χ4v) is 3.13. The van der Waals surface area contributed by atoms with Gasteiger partial charge in [-0.25, -0.2) is 9.18 Å². The van der Waals surface area contributed by atoms with Gasteiger partial charge in [0.05, 0.1) is 25.9 Å². The van der Waals surface area contributed by atoms with Crippen LogP contribution in [-0.4, -0.2) is 31.7 Å². The summed E-state index contributed by atoms with van der Waals surface area (Å²) >= 11 is 0. The Morgan fingerprint density at radius 3 is 2.60 bits per heavy atom. The second-order valence-corrected chi connectivity index (χ2v) is 5.90. The smallest absolute Gasteiger partial charge is 0.322 e. The maximum Gasteiger partial charge on any atom is 0.322 e. The van der Waals surface area contributed by atoms with Gasteiger partial charge in [0.1, 0.15) is 17.3 Å². The summed E-state index contributed by atoms with van der Waals surface area (Å²) in [5.74, 6) is 0.908. The molecule has 1 fully saturated rings. The van der Waals surface area contributed by atoms with Gasteiger partial charge in [-0.05, 0) is 42.7 Å². The number of halogens is 1. The summed E-state index contributed by atoms with van der Waals surface area (Å²) < 4.78 is 23.6. The highest BCUT2D eigenvalue weighted by molar-refractivity contribution is 5.91. The third-order valence-electron chi connectivity index (χ3n) is 4.42. The monoisotopic (exact) mass is 344 g/mol. The average Bonchev–Trinajstić information content (AvgIpc) is 3.12. The van der Waals surface area contributed by atoms with E-state index in [1.54, 1.807) is 49.5 Å². The van der Waals surface area contributed by atoms with Gasteiger partial charge in [-0.2, -0.15) is 0 Å². The number of nitrogens with zero attached hydrogens (tertiary/aromatic N) is 1. The van der Waals surface area contributed by atoms with E-state index in [0.29, 0.717) is 23.7 Å². The lowest BCUT2D eigenvalue weighted by molar-refractivity contribution is 0.207. The first kappa shape index (κ1) is 17.1. The predicted octanol–water partition coefficient (Wildman–Crippen LogP) is 4.21. The molecule has 2 amide bonds. The van der Waals surface area contributed by atoms with Crippen LogP contribution in [0.25, 0.3) is 0 Å². The summed E-state index contributed by atoms with van der Waals surface area (Å²) in [5, 5.41) is 2.90. The van der Waals surface area contributed by atoms with Gasteiger partial charge in [0.25, 0.3) is 0 Å². The number of amides is 2. The van der Waals surface area contributed by atoms with Gasteiger partial charge in [0, 0.05) is 12.6 Å². The molecule has 5 nitrogen and oxygen atoms in total. The van der Waals surface area contributed by atoms with E-state index < -0.39 is 0 Å². The summed E-state index contributed by atoms with van der Waals surface area (Å²) in [5.41, 5.74) is 1.52. The Morgan fingerprint density at radius 2 is 1.92 bits per heavy atom. The number of benzene rings is 2. The second-order valence-electron chi connectivity index (χ2n) is 5.90. The van der Waals surface area contributed by atoms with E-state index in [9.17, 15) is 9.18 Å². The maximum atomic E-state index is 13.1. The summed E-state index contributed by atoms with van der Waals surface area (Å²) in [7, 11) is 3.12. The number of likely N-dealkylation sites (tertiary alicyclic amines) is 1. The van der Waals surface area contributed by atoms with E-state index in [0.717, 1.165) is 18.4 Å². The zero-order valence-corrected chi connectivity index (χ0v) is 14.3. The quantitative estimate of drug-likeness (QED) is 0.904. The molecule has 2 aromatic carbocycles. The molecular formula is C19H21FN2O3. The average molecular weight is 344 g/mol. The van der Waals surface area contributed by atoms with E-state index in [1.165, 1.54) is 12.1 Å². The molecule has 1 saturated heterocycles. The first-order chi connectivity index (χ1) is 12.1. The third kappa shape index (κ3) is 3.68. The van der Waals surface area contributed by atoms with Crippen LogP contribution in [-0.2, 0) is 0 Å². The molecule has 0 unspecified atom stereocenters. The molecule has 1 aliphatic rings. The van der Waals surface area contributed by atoms with E-state index >= 15 is 0 Å². The molecular weight excluding hydrogens is 323 g/mol. The summed E-state index contributed by atoms with van der Waals surface area (Å²) in [6.45, 7) is 0.659. The van der Waals surface area contributed by atoms with Crippen molar-refractivity contribution in [2.24, 2.45) is 0 Å². The lowest BCUT2D eigenvalue weighted by atomic mass is 10.0. The minimum absolute atomic E-state index is 0.0511. The van der Waals surface area contributed by atoms with Gasteiger partial charge in [-0.15, -0.1) is 0 Å². The number of anilines is 1. The Kier molecular flexibility index (Phi) is 5.07. The Morgan fingerprint density at radius 1 is 1.16 bits per heavy atom. The maximum absolute atomic E-state index is 13.1. The number of hydrogen-bond acceptors (Lipinski definition) is 3. The largest absolute Gasteiger partial charge is 0.497 e. The van der Waals surface area contributed by atoms with Crippen LogP contribution in [0, 0.1) is 5.82 Å². The molecule has 6 heteroatoms. The van der Waals surface area contributed by atoms with Crippen molar-refractivity contribution in [1.82, 2.24) is 4.90 Å². The zero-order chi connectivity index (χ0) is 17.8. The highest BCUT2D eigenvalue weighted by Crippen LogP contribution is 2.34. The predicted molar refractivity (Wildman–Crippen MR) is 93.6 cm³/mol. The van der Waals surface area contributed by atoms with Crippen LogP contribution in [0.2, 0.25) is 0 Å². The number of ether oxygens (including phenoxy) is 2. The topological polar surface area (TPSA) is 50.8 Å². The molecule has 0 radical (unpaired) electrons. The van der Waals surface area contributed by atoms with Crippen LogP contribution in [0.15, 0.2) is 42.5 Å². The Hall–Kier alpha value is -2.76. The molecule has 0 saturated carbocycles. The number of nitrogens with one attached hydrogen (secondary N) is 1. The van der Waals surface area contributed by atoms with Crippen molar-refractivity contribution < 1.29 is 18.7 Å². The number of methoxy groups -OCH3 is 2. The Labute approximate surface area is 146 Å². The van der Waals surface area contributed by atoms with E-state index in [1.807, 2.05) is 0 Å². The standard InChI is InChI=1S/C19H21FN2O3/c1-24-15-9-10-16(18(12-15)25-2)21-19(23)22-11-3-4-17(22)13-5-7-14(20)8-6-13/h5-10,12,17H,3-4,11H2,1-2H3,(H,21,23)/t17-/m1/s1. The molecule has 0 aromatic heterocycles. The molecule has 3 rings (SSSR count). The van der Waals surface area contributed by atoms with Crippen molar-refractivity contribution in [2.45, 2.75) is 18.9 Å². The summed E-state index contributed by atoms with van der Waals surface area (Å²) in [6, 6.07) is 11.3. The van der Waals surface area contributed by atoms with Crippen LogP contribution >= 0.6 is 0 Å². The van der Waals surface area contributed by atoms with Gasteiger partial charge in [-0.3, -0.25) is 0 Å². The molecule has 132 valence electrons. The number of carbonyl (C=O) groups excluding carboxylic acids is 1. The van der Waals surface area contributed by atoms with E-state index in [-0.39, 0.29) is 17.9 Å². The fourth-order valence-electron chi connectivity index (χ4n) is 3.13. The van der Waals surface area contributed by atoms with Gasteiger partial charge < -0.3 is 19.7 Å². The molecule has 25 heavy (non-hydrogen) atoms. The van der Waals surface area contributed by atoms with Gasteiger partial charge in [0.15, 0.2) is 0 Å². The molecule has 0 spiro atoms. The first-order valence-corrected chi connectivity index (χ1v) is 8.17. The molecule has 1 aliphatic heterocycles. The van der Waals surface area contributed by atoms with E-state index in [2.05, 4.69) is 5.32 Å². The van der Waals surface area contributed by atoms with Crippen molar-refractivity contribution in [3.63, 3.8) is 0 Å². The van der Waals surface area contributed by atoms with Gasteiger partial charge in [0.2, 0.25) is 0 Å². The molecule has 1 N–H and O–H groups in total. The molecule has 2 aromatic rings. The number of carbonyl (C=O) groups is 1. The number of hydrogen-bond donors (Lipinski definition) is 1. The highest BCUT2D eigenvalue weighted by Gasteiger charge is 2.30. The van der Waals surface area contributed by atoms with Crippen LogP contribution in [0.4, 0.5) is 14.9 Å². The molecule has 1 heterocycles. The van der Waals surface area contributed by atoms with E-state index in [4.69, 9.17) is 9.47 Å². The second kappa shape index (κ2) is 7.42. The van der Waals surface area contributed by atoms with Gasteiger partial charge >= 0.3 is 6.03 Å². The normalized spacial score (nSPS) is 16.6. The highest BCUT2D eigenvalue weighted by atomic mass is 19.1. The summed E-state index contributed by atoms with van der Waals surface area (Å²) in [4.78, 5) is 14.5. The minimum atomic E-state index is -0.277. The lowest BCUT2D eigenvalue weighted by Gasteiger charge is -2.26. The van der Waals surface area contributed by atoms with Crippen LogP contribution in [0.5, 0.6) is 11.5 Å². The van der Waals surface area contributed by atoms with Crippen molar-refractivity contribution in [3.05, 3.63) is 53.8 Å². The number of urea groups is 1.